The Kier molecular flexibility index (Phi) is 14.2. The Morgan fingerprint density at radius 1 is 0.667 bits per heavy atom. The van der Waals surface area contributed by atoms with E-state index < -0.39 is 0 Å². The lowest BCUT2D eigenvalue weighted by molar-refractivity contribution is -0.186. The van der Waals surface area contributed by atoms with Crippen LogP contribution >= 0.6 is 11.6 Å². The largest absolute Gasteiger partial charge is 0.435 e. The van der Waals surface area contributed by atoms with Crippen LogP contribution in [0.25, 0.3) is 0 Å². The molecule has 0 aromatic carbocycles. The number of ether oxygens (including phenoxy) is 3. The van der Waals surface area contributed by atoms with Gasteiger partial charge in [-0.3, -0.25) is 0 Å². The second kappa shape index (κ2) is 15.1. The molecule has 3 rings (SSSR count). The summed E-state index contributed by atoms with van der Waals surface area (Å²) < 4.78 is 16.6. The fourth-order valence-corrected chi connectivity index (χ4v) is 8.34. The first-order chi connectivity index (χ1) is 18.9. The molecule has 3 fully saturated rings. The quantitative estimate of drug-likeness (QED) is 0.139. The lowest BCUT2D eigenvalue weighted by Crippen LogP contribution is -2.47. The topological polar surface area (TPSA) is 65.0 Å². The highest BCUT2D eigenvalue weighted by atomic mass is 35.5. The van der Waals surface area contributed by atoms with Crippen molar-refractivity contribution >= 4 is 17.6 Å². The SMILES string of the molecule is C=C(C)C(=O)OCOC1C(C)(C)CCCC1(C)C.CC1(C)CCCC(C)(C)C1O.CC1(C)CCCC(C)(C)C1OCCl. The molecule has 0 spiro atoms. The molecule has 0 atom stereocenters. The molecule has 0 aromatic rings. The van der Waals surface area contributed by atoms with Gasteiger partial charge < -0.3 is 19.3 Å². The molecular weight excluding hydrogens is 548 g/mol. The summed E-state index contributed by atoms with van der Waals surface area (Å²) in [6.07, 6.45) is 11.2. The number of esters is 1. The van der Waals surface area contributed by atoms with Gasteiger partial charge >= 0.3 is 5.97 Å². The monoisotopic (exact) mass is 614 g/mol. The third kappa shape index (κ3) is 11.1. The van der Waals surface area contributed by atoms with Crippen LogP contribution in [0.15, 0.2) is 12.2 Å². The summed E-state index contributed by atoms with van der Waals surface area (Å²) in [6, 6.07) is 0.317. The molecule has 5 nitrogen and oxygen atoms in total. The van der Waals surface area contributed by atoms with Crippen molar-refractivity contribution in [1.29, 1.82) is 0 Å². The molecule has 1 N–H and O–H groups in total. The second-order valence-corrected chi connectivity index (χ2v) is 17.6. The van der Waals surface area contributed by atoms with E-state index in [-0.39, 0.29) is 57.5 Å². The molecule has 6 heteroatoms. The van der Waals surface area contributed by atoms with E-state index in [1.54, 1.807) is 6.92 Å². The molecule has 0 amide bonds. The van der Waals surface area contributed by atoms with E-state index >= 15 is 0 Å². The number of hydrogen-bond donors (Lipinski definition) is 1. The minimum Gasteiger partial charge on any atom is -0.435 e. The summed E-state index contributed by atoms with van der Waals surface area (Å²) in [5.41, 5.74) is 1.45. The van der Waals surface area contributed by atoms with Crippen molar-refractivity contribution in [2.75, 3.05) is 12.9 Å². The van der Waals surface area contributed by atoms with Crippen LogP contribution in [0.1, 0.15) is 148 Å². The van der Waals surface area contributed by atoms with Crippen molar-refractivity contribution in [3.05, 3.63) is 12.2 Å². The molecule has 0 aliphatic heterocycles. The first kappa shape index (κ1) is 39.4. The zero-order chi connectivity index (χ0) is 32.8. The predicted molar refractivity (Wildman–Crippen MR) is 176 cm³/mol. The zero-order valence-corrected chi connectivity index (χ0v) is 30.4. The fourth-order valence-electron chi connectivity index (χ4n) is 8.21. The normalized spacial score (nSPS) is 26.1. The van der Waals surface area contributed by atoms with Gasteiger partial charge in [-0.05, 0) is 77.9 Å². The van der Waals surface area contributed by atoms with E-state index in [0.717, 1.165) is 25.7 Å². The number of alkyl halides is 1. The van der Waals surface area contributed by atoms with Gasteiger partial charge in [-0.15, -0.1) is 0 Å². The van der Waals surface area contributed by atoms with E-state index in [9.17, 15) is 9.90 Å². The van der Waals surface area contributed by atoms with Crippen LogP contribution in [0.4, 0.5) is 0 Å². The molecule has 0 aromatic heterocycles. The van der Waals surface area contributed by atoms with Crippen LogP contribution in [0.5, 0.6) is 0 Å². The van der Waals surface area contributed by atoms with Crippen LogP contribution in [-0.4, -0.2) is 42.2 Å². The molecule has 3 saturated carbocycles. The van der Waals surface area contributed by atoms with Crippen LogP contribution in [0, 0.1) is 32.5 Å². The van der Waals surface area contributed by atoms with Crippen LogP contribution < -0.4 is 0 Å². The van der Waals surface area contributed by atoms with E-state index in [1.807, 2.05) is 0 Å². The number of aliphatic hydroxyl groups excluding tert-OH is 1. The Morgan fingerprint density at radius 3 is 1.26 bits per heavy atom. The summed E-state index contributed by atoms with van der Waals surface area (Å²) >= 11 is 5.67. The van der Waals surface area contributed by atoms with E-state index in [4.69, 9.17) is 25.8 Å². The van der Waals surface area contributed by atoms with Gasteiger partial charge in [-0.25, -0.2) is 4.79 Å². The Labute approximate surface area is 264 Å². The molecule has 3 aliphatic carbocycles. The van der Waals surface area contributed by atoms with Crippen molar-refractivity contribution in [3.63, 3.8) is 0 Å². The molecule has 0 bridgehead atoms. The number of aliphatic hydroxyl groups is 1. The molecule has 0 saturated heterocycles. The average Bonchev–Trinajstić information content (AvgIpc) is 2.81. The first-order valence-electron chi connectivity index (χ1n) is 16.2. The molecular formula is C36H67ClO5. The number of carbonyl (C=O) groups excluding carboxylic acids is 1. The van der Waals surface area contributed by atoms with Crippen molar-refractivity contribution in [2.24, 2.45) is 32.5 Å². The first-order valence-corrected chi connectivity index (χ1v) is 16.8. The molecule has 3 aliphatic rings. The highest BCUT2D eigenvalue weighted by molar-refractivity contribution is 6.17. The van der Waals surface area contributed by atoms with Gasteiger partial charge in [0.15, 0.2) is 6.79 Å². The third-order valence-corrected chi connectivity index (χ3v) is 10.4. The lowest BCUT2D eigenvalue weighted by atomic mass is 9.63. The maximum atomic E-state index is 11.3. The zero-order valence-electron chi connectivity index (χ0n) is 29.7. The van der Waals surface area contributed by atoms with E-state index in [0.29, 0.717) is 17.7 Å². The van der Waals surface area contributed by atoms with E-state index in [2.05, 4.69) is 89.7 Å². The van der Waals surface area contributed by atoms with Gasteiger partial charge in [-0.2, -0.15) is 0 Å². The van der Waals surface area contributed by atoms with Crippen LogP contribution in [0.3, 0.4) is 0 Å². The Balaban J connectivity index is 0.000000326. The van der Waals surface area contributed by atoms with Crippen LogP contribution in [-0.2, 0) is 19.0 Å². The Hall–Kier alpha value is -0.620. The number of rotatable bonds is 6. The van der Waals surface area contributed by atoms with Gasteiger partial charge in [0, 0.05) is 5.57 Å². The van der Waals surface area contributed by atoms with Gasteiger partial charge in [-0.1, -0.05) is 121 Å². The summed E-state index contributed by atoms with van der Waals surface area (Å²) in [7, 11) is 0. The number of hydrogen-bond acceptors (Lipinski definition) is 5. The van der Waals surface area contributed by atoms with E-state index in [1.165, 1.54) is 32.1 Å². The maximum Gasteiger partial charge on any atom is 0.335 e. The summed E-state index contributed by atoms with van der Waals surface area (Å²) in [6.45, 7) is 31.9. The summed E-state index contributed by atoms with van der Waals surface area (Å²) in [5, 5.41) is 9.96. The summed E-state index contributed by atoms with van der Waals surface area (Å²) in [4.78, 5) is 11.3. The molecule has 0 radical (unpaired) electrons. The summed E-state index contributed by atoms with van der Waals surface area (Å²) in [5.74, 6) is -0.388. The molecule has 0 heterocycles. The minimum absolute atomic E-state index is 0.0171. The molecule has 248 valence electrons. The standard InChI is InChI=1S/C15H26O3.C11H21ClO.C10H20O/c1-11(2)12(16)17-10-18-13-14(3,4)8-7-9-15(13,5)6;1-10(2)6-5-7-11(3,4)9(10)13-8-12;1-9(2)6-5-7-10(3,4)8(9)11/h13H,1,7-10H2,2-6H3;9H,5-8H2,1-4H3;8,11H,5-7H2,1-4H3. The number of halogens is 1. The van der Waals surface area contributed by atoms with Crippen molar-refractivity contribution in [2.45, 2.75) is 166 Å². The Bertz CT molecular complexity index is 822. The average molecular weight is 615 g/mol. The van der Waals surface area contributed by atoms with Crippen LogP contribution in [0.2, 0.25) is 0 Å². The lowest BCUT2D eigenvalue weighted by Gasteiger charge is -2.48. The molecule has 42 heavy (non-hydrogen) atoms. The van der Waals surface area contributed by atoms with Crippen molar-refractivity contribution in [3.8, 4) is 0 Å². The van der Waals surface area contributed by atoms with Gasteiger partial charge in [0.1, 0.15) is 6.07 Å². The van der Waals surface area contributed by atoms with Gasteiger partial charge in [0.05, 0.1) is 18.3 Å². The minimum atomic E-state index is -0.388. The molecule has 0 unspecified atom stereocenters. The van der Waals surface area contributed by atoms with Gasteiger partial charge in [0.2, 0.25) is 0 Å². The predicted octanol–water partition coefficient (Wildman–Crippen LogP) is 10.1. The van der Waals surface area contributed by atoms with Crippen molar-refractivity contribution < 1.29 is 24.1 Å². The second-order valence-electron chi connectivity index (χ2n) is 17.4. The highest BCUT2D eigenvalue weighted by Gasteiger charge is 2.46. The smallest absolute Gasteiger partial charge is 0.335 e. The highest BCUT2D eigenvalue weighted by Crippen LogP contribution is 2.49. The van der Waals surface area contributed by atoms with Gasteiger partial charge in [0.25, 0.3) is 0 Å². The third-order valence-electron chi connectivity index (χ3n) is 10.2. The Morgan fingerprint density at radius 2 is 0.976 bits per heavy atom. The maximum absolute atomic E-state index is 11.3. The van der Waals surface area contributed by atoms with Crippen molar-refractivity contribution in [1.82, 2.24) is 0 Å². The number of carbonyl (C=O) groups is 1. The fraction of sp³-hybridized carbons (Fsp3) is 0.917.